The van der Waals surface area contributed by atoms with E-state index in [0.29, 0.717) is 26.2 Å². The van der Waals surface area contributed by atoms with E-state index in [9.17, 15) is 9.90 Å². The van der Waals surface area contributed by atoms with Gasteiger partial charge in [-0.1, -0.05) is 6.92 Å². The van der Waals surface area contributed by atoms with Crippen LogP contribution in [0.2, 0.25) is 0 Å². The molecular formula is C14H30N2O4. The van der Waals surface area contributed by atoms with Gasteiger partial charge < -0.3 is 19.9 Å². The molecule has 1 unspecified atom stereocenters. The molecule has 120 valence electrons. The molecule has 6 nitrogen and oxygen atoms in total. The van der Waals surface area contributed by atoms with Crippen LogP contribution in [0.5, 0.6) is 0 Å². The van der Waals surface area contributed by atoms with Crippen molar-refractivity contribution >= 4 is 5.97 Å². The van der Waals surface area contributed by atoms with Crippen LogP contribution in [0.3, 0.4) is 0 Å². The van der Waals surface area contributed by atoms with E-state index in [1.54, 1.807) is 21.1 Å². The lowest BCUT2D eigenvalue weighted by Gasteiger charge is -2.28. The van der Waals surface area contributed by atoms with Gasteiger partial charge >= 0.3 is 5.97 Å². The first-order chi connectivity index (χ1) is 9.50. The van der Waals surface area contributed by atoms with Crippen molar-refractivity contribution in [2.45, 2.75) is 32.2 Å². The van der Waals surface area contributed by atoms with Gasteiger partial charge in [0, 0.05) is 27.3 Å². The average Bonchev–Trinajstić information content (AvgIpc) is 2.41. The maximum Gasteiger partial charge on any atom is 0.323 e. The number of hydrogen-bond acceptors (Lipinski definition) is 5. The molecule has 2 N–H and O–H groups in total. The van der Waals surface area contributed by atoms with Gasteiger partial charge in [0.15, 0.2) is 0 Å². The molecule has 0 bridgehead atoms. The fraction of sp³-hybridized carbons (Fsp3) is 0.929. The maximum absolute atomic E-state index is 11.3. The van der Waals surface area contributed by atoms with Crippen LogP contribution >= 0.6 is 0 Å². The number of carboxylic acids is 1. The van der Waals surface area contributed by atoms with E-state index < -0.39 is 11.5 Å². The Bertz CT molecular complexity index is 256. The topological polar surface area (TPSA) is 71.0 Å². The lowest BCUT2D eigenvalue weighted by Crippen LogP contribution is -2.49. The zero-order valence-electron chi connectivity index (χ0n) is 13.3. The van der Waals surface area contributed by atoms with Gasteiger partial charge in [-0.25, -0.2) is 0 Å². The van der Waals surface area contributed by atoms with Crippen molar-refractivity contribution < 1.29 is 19.4 Å². The third-order valence-corrected chi connectivity index (χ3v) is 3.41. The molecule has 0 aromatic carbocycles. The summed E-state index contributed by atoms with van der Waals surface area (Å²) in [5, 5.41) is 12.3. The molecule has 6 heteroatoms. The third-order valence-electron chi connectivity index (χ3n) is 3.41. The highest BCUT2D eigenvalue weighted by molar-refractivity contribution is 5.78. The van der Waals surface area contributed by atoms with Crippen LogP contribution in [-0.2, 0) is 14.3 Å². The van der Waals surface area contributed by atoms with Crippen LogP contribution < -0.4 is 5.32 Å². The molecule has 0 saturated heterocycles. The average molecular weight is 290 g/mol. The van der Waals surface area contributed by atoms with E-state index >= 15 is 0 Å². The van der Waals surface area contributed by atoms with Crippen molar-refractivity contribution in [3.05, 3.63) is 0 Å². The highest BCUT2D eigenvalue weighted by atomic mass is 16.5. The Morgan fingerprint density at radius 3 is 2.15 bits per heavy atom. The van der Waals surface area contributed by atoms with Crippen LogP contribution in [0, 0.1) is 0 Å². The quantitative estimate of drug-likeness (QED) is 0.523. The van der Waals surface area contributed by atoms with Gasteiger partial charge in [0.05, 0.1) is 13.2 Å². The predicted molar refractivity (Wildman–Crippen MR) is 79.1 cm³/mol. The summed E-state index contributed by atoms with van der Waals surface area (Å²) in [6.07, 6.45) is 1.43. The van der Waals surface area contributed by atoms with Gasteiger partial charge in [-0.15, -0.1) is 0 Å². The number of nitrogens with one attached hydrogen (secondary N) is 1. The number of carboxylic acid groups (broad SMARTS) is 1. The van der Waals surface area contributed by atoms with E-state index in [1.165, 1.54) is 0 Å². The second-order valence-electron chi connectivity index (χ2n) is 5.10. The number of hydrogen-bond donors (Lipinski definition) is 2. The Balaban J connectivity index is 4.20. The minimum Gasteiger partial charge on any atom is -0.480 e. The zero-order valence-corrected chi connectivity index (χ0v) is 13.3. The highest BCUT2D eigenvalue weighted by Crippen LogP contribution is 2.13. The molecule has 0 fully saturated rings. The minimum absolute atomic E-state index is 0.604. The molecule has 0 aromatic rings. The van der Waals surface area contributed by atoms with E-state index in [2.05, 4.69) is 10.2 Å². The Hall–Kier alpha value is -0.690. The van der Waals surface area contributed by atoms with Gasteiger partial charge in [-0.2, -0.15) is 0 Å². The molecule has 0 rings (SSSR count). The van der Waals surface area contributed by atoms with Crippen LogP contribution in [0.1, 0.15) is 26.7 Å². The molecular weight excluding hydrogens is 260 g/mol. The van der Waals surface area contributed by atoms with Crippen LogP contribution in [-0.4, -0.2) is 75.1 Å². The number of rotatable bonds is 13. The molecule has 0 aromatic heterocycles. The standard InChI is InChI=1S/C14H30N2O4/c1-5-15-14(2,13(17)18)7-6-8-16(9-11-19-3)10-12-20-4/h15H,5-12H2,1-4H3,(H,17,18). The number of aliphatic carboxylic acids is 1. The molecule has 20 heavy (non-hydrogen) atoms. The lowest BCUT2D eigenvalue weighted by atomic mass is 9.95. The van der Waals surface area contributed by atoms with Crippen molar-refractivity contribution in [2.75, 3.05) is 53.6 Å². The fourth-order valence-electron chi connectivity index (χ4n) is 2.09. The smallest absolute Gasteiger partial charge is 0.323 e. The van der Waals surface area contributed by atoms with E-state index in [0.717, 1.165) is 26.1 Å². The van der Waals surface area contributed by atoms with Crippen molar-refractivity contribution in [2.24, 2.45) is 0 Å². The maximum atomic E-state index is 11.3. The third kappa shape index (κ3) is 7.79. The van der Waals surface area contributed by atoms with Crippen molar-refractivity contribution in [1.82, 2.24) is 10.2 Å². The molecule has 0 aliphatic rings. The largest absolute Gasteiger partial charge is 0.480 e. The molecule has 0 heterocycles. The summed E-state index contributed by atoms with van der Waals surface area (Å²) in [5.74, 6) is -0.792. The SMILES string of the molecule is CCNC(C)(CCCN(CCOC)CCOC)C(=O)O. The summed E-state index contributed by atoms with van der Waals surface area (Å²) in [5.41, 5.74) is -0.844. The lowest BCUT2D eigenvalue weighted by molar-refractivity contribution is -0.144. The molecule has 0 spiro atoms. The van der Waals surface area contributed by atoms with Crippen molar-refractivity contribution in [1.29, 1.82) is 0 Å². The van der Waals surface area contributed by atoms with Gasteiger partial charge in [0.25, 0.3) is 0 Å². The van der Waals surface area contributed by atoms with Gasteiger partial charge in [0.2, 0.25) is 0 Å². The van der Waals surface area contributed by atoms with E-state index in [1.807, 2.05) is 6.92 Å². The molecule has 0 amide bonds. The number of carbonyl (C=O) groups is 1. The van der Waals surface area contributed by atoms with Crippen LogP contribution in [0.15, 0.2) is 0 Å². The summed E-state index contributed by atoms with van der Waals surface area (Å²) < 4.78 is 10.2. The normalized spacial score (nSPS) is 14.4. The molecule has 0 radical (unpaired) electrons. The van der Waals surface area contributed by atoms with Crippen molar-refractivity contribution in [3.63, 3.8) is 0 Å². The summed E-state index contributed by atoms with van der Waals surface area (Å²) in [7, 11) is 3.36. The Kier molecular flexibility index (Phi) is 10.6. The van der Waals surface area contributed by atoms with Crippen LogP contribution in [0.25, 0.3) is 0 Å². The number of likely N-dealkylation sites (N-methyl/N-ethyl adjacent to an activating group) is 1. The summed E-state index contributed by atoms with van der Waals surface area (Å²) in [4.78, 5) is 13.6. The Morgan fingerprint density at radius 1 is 1.20 bits per heavy atom. The molecule has 1 atom stereocenters. The highest BCUT2D eigenvalue weighted by Gasteiger charge is 2.31. The number of methoxy groups -OCH3 is 2. The van der Waals surface area contributed by atoms with Crippen LogP contribution in [0.4, 0.5) is 0 Å². The summed E-state index contributed by atoms with van der Waals surface area (Å²) >= 11 is 0. The summed E-state index contributed by atoms with van der Waals surface area (Å²) in [6.45, 7) is 8.19. The monoisotopic (exact) mass is 290 g/mol. The van der Waals surface area contributed by atoms with E-state index in [4.69, 9.17) is 9.47 Å². The van der Waals surface area contributed by atoms with Gasteiger partial charge in [-0.05, 0) is 32.9 Å². The summed E-state index contributed by atoms with van der Waals surface area (Å²) in [6, 6.07) is 0. The first-order valence-electron chi connectivity index (χ1n) is 7.18. The molecule has 0 aliphatic carbocycles. The Labute approximate surface area is 122 Å². The minimum atomic E-state index is -0.844. The van der Waals surface area contributed by atoms with Gasteiger partial charge in [-0.3, -0.25) is 9.69 Å². The first kappa shape index (κ1) is 19.3. The number of nitrogens with zero attached hydrogens (tertiary/aromatic N) is 1. The van der Waals surface area contributed by atoms with Gasteiger partial charge in [0.1, 0.15) is 5.54 Å². The second kappa shape index (κ2) is 11.0. The van der Waals surface area contributed by atoms with E-state index in [-0.39, 0.29) is 0 Å². The zero-order chi connectivity index (χ0) is 15.4. The fourth-order valence-corrected chi connectivity index (χ4v) is 2.09. The molecule has 0 aliphatic heterocycles. The Morgan fingerprint density at radius 2 is 1.75 bits per heavy atom. The second-order valence-corrected chi connectivity index (χ2v) is 5.10. The predicted octanol–water partition coefficient (Wildman–Crippen LogP) is 0.814. The molecule has 0 saturated carbocycles. The number of ether oxygens (including phenoxy) is 2. The first-order valence-corrected chi connectivity index (χ1v) is 7.18. The van der Waals surface area contributed by atoms with Crippen molar-refractivity contribution in [3.8, 4) is 0 Å².